The Bertz CT molecular complexity index is 641. The summed E-state index contributed by atoms with van der Waals surface area (Å²) in [6.07, 6.45) is 6.52. The average molecular weight is 531 g/mol. The molecule has 1 saturated heterocycles. The molecule has 170 valence electrons. The predicted molar refractivity (Wildman–Crippen MR) is 132 cm³/mol. The van der Waals surface area contributed by atoms with Gasteiger partial charge >= 0.3 is 0 Å². The second kappa shape index (κ2) is 14.4. The monoisotopic (exact) mass is 531 g/mol. The molecule has 0 unspecified atom stereocenters. The van der Waals surface area contributed by atoms with Crippen LogP contribution in [0.3, 0.4) is 0 Å². The molecule has 0 aromatic carbocycles. The zero-order valence-corrected chi connectivity index (χ0v) is 21.1. The fourth-order valence-electron chi connectivity index (χ4n) is 3.52. The Kier molecular flexibility index (Phi) is 12.7. The number of carbonyl (C=O) groups is 1. The lowest BCUT2D eigenvalue weighted by molar-refractivity contribution is -0.136. The smallest absolute Gasteiger partial charge is 0.225 e. The maximum absolute atomic E-state index is 12.5. The van der Waals surface area contributed by atoms with E-state index < -0.39 is 0 Å². The van der Waals surface area contributed by atoms with Crippen LogP contribution >= 0.6 is 24.0 Å². The van der Waals surface area contributed by atoms with Gasteiger partial charge in [0.05, 0.1) is 6.61 Å². The van der Waals surface area contributed by atoms with Crippen molar-refractivity contribution in [2.45, 2.75) is 65.5 Å². The second-order valence-corrected chi connectivity index (χ2v) is 7.54. The van der Waals surface area contributed by atoms with E-state index in [1.54, 1.807) is 7.05 Å². The van der Waals surface area contributed by atoms with Crippen molar-refractivity contribution in [2.75, 3.05) is 26.7 Å². The van der Waals surface area contributed by atoms with Crippen molar-refractivity contribution in [3.05, 3.63) is 23.9 Å². The van der Waals surface area contributed by atoms with E-state index in [-0.39, 0.29) is 29.9 Å². The fraction of sp³-hybridized carbons (Fsp3) is 0.682. The zero-order valence-electron chi connectivity index (χ0n) is 18.8. The first-order chi connectivity index (χ1) is 14.1. The molecule has 0 radical (unpaired) electrons. The molecule has 1 aromatic heterocycles. The van der Waals surface area contributed by atoms with Gasteiger partial charge in [-0.2, -0.15) is 0 Å². The summed E-state index contributed by atoms with van der Waals surface area (Å²) in [5.41, 5.74) is 1.07. The van der Waals surface area contributed by atoms with Crippen molar-refractivity contribution in [3.63, 3.8) is 0 Å². The molecule has 2 rings (SSSR count). The maximum atomic E-state index is 12.5. The number of aromatic nitrogens is 1. The molecule has 1 aliphatic heterocycles. The fourth-order valence-corrected chi connectivity index (χ4v) is 3.52. The van der Waals surface area contributed by atoms with Crippen LogP contribution in [0.1, 0.15) is 58.4 Å². The number of amides is 1. The van der Waals surface area contributed by atoms with E-state index in [2.05, 4.69) is 41.4 Å². The Labute approximate surface area is 198 Å². The van der Waals surface area contributed by atoms with Gasteiger partial charge in [0.2, 0.25) is 11.8 Å². The highest BCUT2D eigenvalue weighted by Crippen LogP contribution is 2.17. The first-order valence-corrected chi connectivity index (χ1v) is 10.9. The normalized spacial score (nSPS) is 15.0. The van der Waals surface area contributed by atoms with Gasteiger partial charge in [0.25, 0.3) is 0 Å². The van der Waals surface area contributed by atoms with Gasteiger partial charge in [-0.25, -0.2) is 4.98 Å². The number of nitrogens with one attached hydrogen (secondary N) is 2. The van der Waals surface area contributed by atoms with Crippen LogP contribution in [0.4, 0.5) is 0 Å². The predicted octanol–water partition coefficient (Wildman–Crippen LogP) is 3.58. The number of carbonyl (C=O) groups excluding carboxylic acids is 1. The van der Waals surface area contributed by atoms with Crippen LogP contribution in [0, 0.1) is 5.92 Å². The molecule has 7 nitrogen and oxygen atoms in total. The Morgan fingerprint density at radius 3 is 2.50 bits per heavy atom. The van der Waals surface area contributed by atoms with E-state index in [0.29, 0.717) is 31.0 Å². The minimum atomic E-state index is 0. The molecule has 1 fully saturated rings. The van der Waals surface area contributed by atoms with Gasteiger partial charge in [-0.1, -0.05) is 26.8 Å². The van der Waals surface area contributed by atoms with Gasteiger partial charge in [0.1, 0.15) is 0 Å². The van der Waals surface area contributed by atoms with Gasteiger partial charge < -0.3 is 20.3 Å². The van der Waals surface area contributed by atoms with Crippen molar-refractivity contribution in [1.82, 2.24) is 20.5 Å². The molecule has 0 atom stereocenters. The van der Waals surface area contributed by atoms with Crippen molar-refractivity contribution >= 4 is 35.8 Å². The lowest BCUT2D eigenvalue weighted by Crippen LogP contribution is -2.50. The number of likely N-dealkylation sites (tertiary alicyclic amines) is 1. The minimum Gasteiger partial charge on any atom is -0.478 e. The molecule has 0 spiro atoms. The van der Waals surface area contributed by atoms with Crippen LogP contribution in [-0.2, 0) is 11.3 Å². The van der Waals surface area contributed by atoms with Gasteiger partial charge in [-0.05, 0) is 37.7 Å². The molecule has 0 saturated carbocycles. The lowest BCUT2D eigenvalue weighted by atomic mass is 9.98. The number of hydrogen-bond donors (Lipinski definition) is 2. The van der Waals surface area contributed by atoms with Gasteiger partial charge in [0.15, 0.2) is 5.96 Å². The molecule has 0 aliphatic carbocycles. The first kappa shape index (κ1) is 26.5. The summed E-state index contributed by atoms with van der Waals surface area (Å²) in [6.45, 7) is 9.22. The Balaban J connectivity index is 0.00000450. The van der Waals surface area contributed by atoms with E-state index in [9.17, 15) is 4.79 Å². The Morgan fingerprint density at radius 2 is 1.97 bits per heavy atom. The van der Waals surface area contributed by atoms with Gasteiger partial charge in [0, 0.05) is 50.9 Å². The first-order valence-electron chi connectivity index (χ1n) is 10.9. The Morgan fingerprint density at radius 1 is 1.27 bits per heavy atom. The van der Waals surface area contributed by atoms with Crippen molar-refractivity contribution in [2.24, 2.45) is 10.9 Å². The van der Waals surface area contributed by atoms with Crippen LogP contribution in [0.15, 0.2) is 23.3 Å². The number of rotatable bonds is 9. The van der Waals surface area contributed by atoms with E-state index in [4.69, 9.17) is 4.74 Å². The average Bonchev–Trinajstić information content (AvgIpc) is 2.77. The summed E-state index contributed by atoms with van der Waals surface area (Å²) in [7, 11) is 1.78. The largest absolute Gasteiger partial charge is 0.478 e. The molecular formula is C22H38IN5O2. The molecule has 0 bridgehead atoms. The molecule has 30 heavy (non-hydrogen) atoms. The van der Waals surface area contributed by atoms with Crippen LogP contribution in [0.25, 0.3) is 0 Å². The van der Waals surface area contributed by atoms with Gasteiger partial charge in [-0.15, -0.1) is 24.0 Å². The topological polar surface area (TPSA) is 78.9 Å². The van der Waals surface area contributed by atoms with E-state index in [1.165, 1.54) is 0 Å². The van der Waals surface area contributed by atoms with Crippen LogP contribution in [0.2, 0.25) is 0 Å². The molecular weight excluding hydrogens is 493 g/mol. The molecule has 1 amide bonds. The third-order valence-electron chi connectivity index (χ3n) is 5.42. The van der Waals surface area contributed by atoms with E-state index in [1.807, 2.05) is 23.2 Å². The number of ether oxygens (including phenoxy) is 1. The molecule has 1 aliphatic rings. The molecule has 2 heterocycles. The number of halogens is 1. The third-order valence-corrected chi connectivity index (χ3v) is 5.42. The summed E-state index contributed by atoms with van der Waals surface area (Å²) in [4.78, 5) is 23.2. The Hall–Kier alpha value is -1.58. The highest BCUT2D eigenvalue weighted by Gasteiger charge is 2.26. The minimum absolute atomic E-state index is 0. The maximum Gasteiger partial charge on any atom is 0.225 e. The number of guanidine groups is 1. The molecule has 1 aromatic rings. The van der Waals surface area contributed by atoms with Crippen molar-refractivity contribution in [3.8, 4) is 5.88 Å². The standard InChI is InChI=1S/C22H37N5O2.HI/c1-5-14-29-20-9-8-17(15-24-20)16-25-22(23-4)26-19-10-12-27(13-11-19)21(28)18(6-2)7-3;/h8-9,15,18-19H,5-7,10-14,16H2,1-4H3,(H2,23,25,26);1H. The number of piperidine rings is 1. The lowest BCUT2D eigenvalue weighted by Gasteiger charge is -2.34. The van der Waals surface area contributed by atoms with E-state index in [0.717, 1.165) is 56.7 Å². The highest BCUT2D eigenvalue weighted by atomic mass is 127. The summed E-state index contributed by atoms with van der Waals surface area (Å²) < 4.78 is 5.52. The number of hydrogen-bond acceptors (Lipinski definition) is 4. The summed E-state index contributed by atoms with van der Waals surface area (Å²) in [6, 6.07) is 4.24. The van der Waals surface area contributed by atoms with Crippen LogP contribution in [-0.4, -0.2) is 54.5 Å². The summed E-state index contributed by atoms with van der Waals surface area (Å²) in [5.74, 6) is 1.92. The van der Waals surface area contributed by atoms with Crippen LogP contribution < -0.4 is 15.4 Å². The SMILES string of the molecule is CCCOc1ccc(CNC(=NC)NC2CCN(C(=O)C(CC)CC)CC2)cn1.I. The highest BCUT2D eigenvalue weighted by molar-refractivity contribution is 14.0. The number of aliphatic imine (C=N–C) groups is 1. The number of nitrogens with zero attached hydrogens (tertiary/aromatic N) is 3. The summed E-state index contributed by atoms with van der Waals surface area (Å²) >= 11 is 0. The van der Waals surface area contributed by atoms with Crippen LogP contribution in [0.5, 0.6) is 5.88 Å². The molecule has 8 heteroatoms. The quantitative estimate of drug-likeness (QED) is 0.290. The second-order valence-electron chi connectivity index (χ2n) is 7.54. The third kappa shape index (κ3) is 8.28. The van der Waals surface area contributed by atoms with Crippen molar-refractivity contribution < 1.29 is 9.53 Å². The van der Waals surface area contributed by atoms with Crippen molar-refractivity contribution in [1.29, 1.82) is 0 Å². The zero-order chi connectivity index (χ0) is 21.1. The number of pyridine rings is 1. The van der Waals surface area contributed by atoms with E-state index >= 15 is 0 Å². The summed E-state index contributed by atoms with van der Waals surface area (Å²) in [5, 5.41) is 6.83. The molecule has 2 N–H and O–H groups in total. The van der Waals surface area contributed by atoms with Gasteiger partial charge in [-0.3, -0.25) is 9.79 Å².